The predicted molar refractivity (Wildman–Crippen MR) is 123 cm³/mol. The van der Waals surface area contributed by atoms with E-state index in [4.69, 9.17) is 0 Å². The molecule has 1 aliphatic rings. The molecule has 0 N–H and O–H groups in total. The summed E-state index contributed by atoms with van der Waals surface area (Å²) < 4.78 is 1.98. The van der Waals surface area contributed by atoms with E-state index in [1.165, 1.54) is 11.0 Å². The summed E-state index contributed by atoms with van der Waals surface area (Å²) in [5.41, 5.74) is 3.19. The zero-order chi connectivity index (χ0) is 22.9. The minimum atomic E-state index is -0.110. The van der Waals surface area contributed by atoms with E-state index in [2.05, 4.69) is 30.0 Å². The number of amides is 1. The lowest BCUT2D eigenvalue weighted by atomic mass is 10.2. The molecule has 1 amide bonds. The lowest BCUT2D eigenvalue weighted by Gasteiger charge is -2.35. The van der Waals surface area contributed by atoms with Crippen LogP contribution in [0.15, 0.2) is 48.9 Å². The van der Waals surface area contributed by atoms with E-state index < -0.39 is 0 Å². The zero-order valence-corrected chi connectivity index (χ0v) is 18.9. The molecule has 4 heterocycles. The van der Waals surface area contributed by atoms with Crippen molar-refractivity contribution in [2.75, 3.05) is 31.1 Å². The molecule has 1 saturated heterocycles. The van der Waals surface area contributed by atoms with Crippen LogP contribution in [0, 0.1) is 20.8 Å². The topological polar surface area (TPSA) is 97.9 Å². The Morgan fingerprint density at radius 1 is 0.939 bits per heavy atom. The van der Waals surface area contributed by atoms with E-state index in [9.17, 15) is 4.79 Å². The van der Waals surface area contributed by atoms with Crippen LogP contribution in [0.3, 0.4) is 0 Å². The summed E-state index contributed by atoms with van der Waals surface area (Å²) in [6.45, 7) is 8.42. The molecule has 1 aliphatic heterocycles. The van der Waals surface area contributed by atoms with Crippen molar-refractivity contribution in [1.82, 2.24) is 39.4 Å². The molecule has 10 heteroatoms. The van der Waals surface area contributed by atoms with E-state index in [0.29, 0.717) is 37.7 Å². The normalized spacial score (nSPS) is 14.0. The first-order valence-electron chi connectivity index (χ1n) is 10.9. The number of hydrogen-bond acceptors (Lipinski definition) is 7. The average molecular weight is 444 g/mol. The highest BCUT2D eigenvalue weighted by Crippen LogP contribution is 2.20. The first kappa shape index (κ1) is 20.8. The van der Waals surface area contributed by atoms with Crippen molar-refractivity contribution in [3.05, 3.63) is 71.8 Å². The van der Waals surface area contributed by atoms with E-state index in [1.807, 2.05) is 66.6 Å². The van der Waals surface area contributed by atoms with E-state index >= 15 is 0 Å². The largest absolute Gasteiger partial charge is 0.353 e. The Balaban J connectivity index is 1.28. The molecule has 4 aromatic rings. The number of benzene rings is 1. The molecule has 0 radical (unpaired) electrons. The lowest BCUT2D eigenvalue weighted by molar-refractivity contribution is 0.0740. The monoisotopic (exact) mass is 443 g/mol. The fourth-order valence-electron chi connectivity index (χ4n) is 3.90. The minimum Gasteiger partial charge on any atom is -0.353 e. The van der Waals surface area contributed by atoms with Crippen LogP contribution in [0.1, 0.15) is 27.7 Å². The number of nitrogens with zero attached hydrogens (tertiary/aromatic N) is 9. The summed E-state index contributed by atoms with van der Waals surface area (Å²) in [4.78, 5) is 32.1. The Hall–Kier alpha value is -4.08. The van der Waals surface area contributed by atoms with Crippen LogP contribution < -0.4 is 4.90 Å². The van der Waals surface area contributed by atoms with Crippen LogP contribution in [0.25, 0.3) is 11.5 Å². The fraction of sp³-hybridized carbons (Fsp3) is 0.304. The molecule has 0 bridgehead atoms. The number of carbonyl (C=O) groups excluding carboxylic acids is 1. The molecule has 0 atom stereocenters. The summed E-state index contributed by atoms with van der Waals surface area (Å²) in [7, 11) is 0. The van der Waals surface area contributed by atoms with E-state index in [1.54, 1.807) is 6.33 Å². The predicted octanol–water partition coefficient (Wildman–Crippen LogP) is 2.13. The number of para-hydroxylation sites is 1. The average Bonchev–Trinajstić information content (AvgIpc) is 3.46. The molecule has 1 fully saturated rings. The molecule has 168 valence electrons. The van der Waals surface area contributed by atoms with Gasteiger partial charge in [-0.15, -0.1) is 5.10 Å². The van der Waals surface area contributed by atoms with Crippen molar-refractivity contribution in [1.29, 1.82) is 0 Å². The first-order valence-corrected chi connectivity index (χ1v) is 10.9. The van der Waals surface area contributed by atoms with Crippen molar-refractivity contribution in [2.45, 2.75) is 20.8 Å². The third-order valence-corrected chi connectivity index (χ3v) is 5.90. The first-order chi connectivity index (χ1) is 16.0. The Labute approximate surface area is 191 Å². The Morgan fingerprint density at radius 3 is 2.36 bits per heavy atom. The Morgan fingerprint density at radius 2 is 1.67 bits per heavy atom. The van der Waals surface area contributed by atoms with E-state index in [0.717, 1.165) is 28.7 Å². The van der Waals surface area contributed by atoms with Crippen molar-refractivity contribution in [3.8, 4) is 11.5 Å². The number of rotatable bonds is 4. The van der Waals surface area contributed by atoms with Gasteiger partial charge in [0.1, 0.15) is 23.8 Å². The van der Waals surface area contributed by atoms with Gasteiger partial charge in [0.05, 0.1) is 17.6 Å². The molecule has 0 unspecified atom stereocenters. The van der Waals surface area contributed by atoms with Crippen LogP contribution in [-0.4, -0.2) is 71.5 Å². The summed E-state index contributed by atoms with van der Waals surface area (Å²) in [5, 5.41) is 8.62. The molecular weight excluding hydrogens is 418 g/mol. The van der Waals surface area contributed by atoms with Crippen LogP contribution in [0.2, 0.25) is 0 Å². The maximum atomic E-state index is 13.0. The summed E-state index contributed by atoms with van der Waals surface area (Å²) in [6.07, 6.45) is 3.31. The highest BCUT2D eigenvalue weighted by molar-refractivity contribution is 5.92. The van der Waals surface area contributed by atoms with Gasteiger partial charge in [0.2, 0.25) is 0 Å². The maximum Gasteiger partial charge on any atom is 0.276 e. The molecule has 1 aromatic carbocycles. The van der Waals surface area contributed by atoms with Gasteiger partial charge >= 0.3 is 0 Å². The molecular formula is C23H25N9O. The molecule has 5 rings (SSSR count). The van der Waals surface area contributed by atoms with Gasteiger partial charge in [0.25, 0.3) is 5.91 Å². The molecule has 10 nitrogen and oxygen atoms in total. The lowest BCUT2D eigenvalue weighted by Crippen LogP contribution is -2.49. The van der Waals surface area contributed by atoms with Gasteiger partial charge in [0.15, 0.2) is 5.69 Å². The van der Waals surface area contributed by atoms with Crippen molar-refractivity contribution in [3.63, 3.8) is 0 Å². The van der Waals surface area contributed by atoms with Gasteiger partial charge in [-0.2, -0.15) is 9.90 Å². The SMILES string of the molecule is Cc1nc(N2CCN(C(=O)c3cnn(-c4ccccc4)n3)CC2)cc(-n2cnc(C)c2C)n1. The van der Waals surface area contributed by atoms with Crippen LogP contribution in [0.4, 0.5) is 5.82 Å². The second kappa shape index (κ2) is 8.45. The standard InChI is InChI=1S/C23H25N9O/c1-16-17(2)31(15-24-16)22-13-21(26-18(3)27-22)29-9-11-30(12-10-29)23(33)20-14-25-32(28-20)19-7-5-4-6-8-19/h4-8,13-15H,9-12H2,1-3H3. The third-order valence-electron chi connectivity index (χ3n) is 5.90. The maximum absolute atomic E-state index is 13.0. The number of piperazine rings is 1. The minimum absolute atomic E-state index is 0.110. The smallest absolute Gasteiger partial charge is 0.276 e. The van der Waals surface area contributed by atoms with Gasteiger partial charge in [0, 0.05) is 37.9 Å². The van der Waals surface area contributed by atoms with Gasteiger partial charge in [-0.05, 0) is 32.9 Å². The van der Waals surface area contributed by atoms with Gasteiger partial charge in [-0.3, -0.25) is 9.36 Å². The highest BCUT2D eigenvalue weighted by atomic mass is 16.2. The number of aryl methyl sites for hydroxylation is 2. The van der Waals surface area contributed by atoms with Gasteiger partial charge in [-0.1, -0.05) is 18.2 Å². The molecule has 3 aromatic heterocycles. The van der Waals surface area contributed by atoms with Gasteiger partial charge in [-0.25, -0.2) is 15.0 Å². The molecule has 0 saturated carbocycles. The van der Waals surface area contributed by atoms with Gasteiger partial charge < -0.3 is 9.80 Å². The summed E-state index contributed by atoms with van der Waals surface area (Å²) >= 11 is 0. The number of hydrogen-bond donors (Lipinski definition) is 0. The van der Waals surface area contributed by atoms with Crippen LogP contribution >= 0.6 is 0 Å². The second-order valence-corrected chi connectivity index (χ2v) is 8.05. The molecule has 33 heavy (non-hydrogen) atoms. The molecule has 0 aliphatic carbocycles. The van der Waals surface area contributed by atoms with Crippen molar-refractivity contribution < 1.29 is 4.79 Å². The molecule has 0 spiro atoms. The number of anilines is 1. The second-order valence-electron chi connectivity index (χ2n) is 8.05. The van der Waals surface area contributed by atoms with Crippen molar-refractivity contribution >= 4 is 11.7 Å². The Kier molecular flexibility index (Phi) is 5.33. The zero-order valence-electron chi connectivity index (χ0n) is 18.9. The number of carbonyl (C=O) groups is 1. The van der Waals surface area contributed by atoms with E-state index in [-0.39, 0.29) is 5.91 Å². The number of aromatic nitrogens is 7. The fourth-order valence-corrected chi connectivity index (χ4v) is 3.90. The Bertz CT molecular complexity index is 1290. The summed E-state index contributed by atoms with van der Waals surface area (Å²) in [5.74, 6) is 2.24. The quantitative estimate of drug-likeness (QED) is 0.477. The highest BCUT2D eigenvalue weighted by Gasteiger charge is 2.25. The number of imidazole rings is 1. The summed E-state index contributed by atoms with van der Waals surface area (Å²) in [6, 6.07) is 11.5. The van der Waals surface area contributed by atoms with Crippen molar-refractivity contribution in [2.24, 2.45) is 0 Å². The van der Waals surface area contributed by atoms with Crippen LogP contribution in [0.5, 0.6) is 0 Å². The third kappa shape index (κ3) is 4.07. The van der Waals surface area contributed by atoms with Crippen LogP contribution in [-0.2, 0) is 0 Å².